The maximum atomic E-state index is 11.8. The topological polar surface area (TPSA) is 67.8 Å². The van der Waals surface area contributed by atoms with Gasteiger partial charge in [0.15, 0.2) is 5.79 Å². The highest BCUT2D eigenvalue weighted by Gasteiger charge is 2.32. The van der Waals surface area contributed by atoms with Crippen molar-refractivity contribution in [3.8, 4) is 5.75 Å². The van der Waals surface area contributed by atoms with Crippen molar-refractivity contribution in [1.82, 2.24) is 5.32 Å². The normalized spacial score (nSPS) is 21.8. The van der Waals surface area contributed by atoms with Gasteiger partial charge in [-0.05, 0) is 32.0 Å². The van der Waals surface area contributed by atoms with Gasteiger partial charge in [0.2, 0.25) is 0 Å². The zero-order chi connectivity index (χ0) is 13.2. The van der Waals surface area contributed by atoms with Gasteiger partial charge in [-0.1, -0.05) is 6.07 Å². The van der Waals surface area contributed by atoms with Crippen molar-refractivity contribution < 1.29 is 19.4 Å². The number of aromatic hydroxyl groups is 1. The molecule has 0 spiro atoms. The van der Waals surface area contributed by atoms with E-state index in [0.29, 0.717) is 18.7 Å². The van der Waals surface area contributed by atoms with E-state index < -0.39 is 5.79 Å². The Hall–Kier alpha value is -1.59. The first-order valence-corrected chi connectivity index (χ1v) is 5.85. The average Bonchev–Trinajstić information content (AvgIpc) is 2.66. The second-order valence-electron chi connectivity index (χ2n) is 4.71. The maximum Gasteiger partial charge on any atom is 0.251 e. The molecule has 1 saturated heterocycles. The van der Waals surface area contributed by atoms with Crippen molar-refractivity contribution in [2.45, 2.75) is 25.7 Å². The van der Waals surface area contributed by atoms with E-state index >= 15 is 0 Å². The summed E-state index contributed by atoms with van der Waals surface area (Å²) in [7, 11) is 0. The summed E-state index contributed by atoms with van der Waals surface area (Å²) in [6.45, 7) is 4.53. The molecule has 5 nitrogen and oxygen atoms in total. The summed E-state index contributed by atoms with van der Waals surface area (Å²) in [4.78, 5) is 11.8. The van der Waals surface area contributed by atoms with Gasteiger partial charge in [-0.2, -0.15) is 0 Å². The molecule has 0 radical (unpaired) electrons. The fourth-order valence-electron chi connectivity index (χ4n) is 1.82. The van der Waals surface area contributed by atoms with E-state index in [9.17, 15) is 9.90 Å². The van der Waals surface area contributed by atoms with Crippen molar-refractivity contribution in [3.05, 3.63) is 29.8 Å². The lowest BCUT2D eigenvalue weighted by Gasteiger charge is -2.17. The van der Waals surface area contributed by atoms with Gasteiger partial charge in [0.05, 0.1) is 6.61 Å². The van der Waals surface area contributed by atoms with Crippen LogP contribution in [0.1, 0.15) is 24.2 Å². The molecule has 1 fully saturated rings. The minimum Gasteiger partial charge on any atom is -0.508 e. The van der Waals surface area contributed by atoms with E-state index in [2.05, 4.69) is 5.32 Å². The zero-order valence-electron chi connectivity index (χ0n) is 10.5. The molecule has 1 heterocycles. The number of phenols is 1. The van der Waals surface area contributed by atoms with Crippen LogP contribution in [0.15, 0.2) is 24.3 Å². The number of phenolic OH excluding ortho intramolecular Hbond substituents is 1. The summed E-state index contributed by atoms with van der Waals surface area (Å²) in [6, 6.07) is 6.21. The zero-order valence-corrected chi connectivity index (χ0v) is 10.5. The fourth-order valence-corrected chi connectivity index (χ4v) is 1.82. The Morgan fingerprint density at radius 2 is 2.33 bits per heavy atom. The Balaban J connectivity index is 1.86. The van der Waals surface area contributed by atoms with E-state index in [-0.39, 0.29) is 17.8 Å². The molecule has 1 aliphatic rings. The van der Waals surface area contributed by atoms with Crippen LogP contribution in [-0.2, 0) is 9.47 Å². The van der Waals surface area contributed by atoms with Gasteiger partial charge in [-0.3, -0.25) is 4.79 Å². The monoisotopic (exact) mass is 251 g/mol. The van der Waals surface area contributed by atoms with Crippen molar-refractivity contribution in [3.63, 3.8) is 0 Å². The number of benzene rings is 1. The van der Waals surface area contributed by atoms with Gasteiger partial charge in [0, 0.05) is 12.1 Å². The first-order valence-electron chi connectivity index (χ1n) is 5.85. The number of hydrogen-bond donors (Lipinski definition) is 2. The molecule has 2 N–H and O–H groups in total. The number of nitrogens with one attached hydrogen (secondary N) is 1. The Kier molecular flexibility index (Phi) is 3.54. The molecular formula is C13H17NO4. The summed E-state index contributed by atoms with van der Waals surface area (Å²) in [5.41, 5.74) is 0.424. The quantitative estimate of drug-likeness (QED) is 0.849. The second kappa shape index (κ2) is 4.96. The molecule has 1 aromatic carbocycles. The van der Waals surface area contributed by atoms with Crippen molar-refractivity contribution in [2.75, 3.05) is 13.2 Å². The molecule has 0 aromatic heterocycles. The first-order chi connectivity index (χ1) is 8.46. The van der Waals surface area contributed by atoms with E-state index in [0.717, 1.165) is 0 Å². The van der Waals surface area contributed by atoms with Gasteiger partial charge in [0.25, 0.3) is 5.91 Å². The molecule has 1 unspecified atom stereocenters. The molecule has 18 heavy (non-hydrogen) atoms. The lowest BCUT2D eigenvalue weighted by atomic mass is 10.2. The molecule has 1 amide bonds. The van der Waals surface area contributed by atoms with Crippen LogP contribution in [-0.4, -0.2) is 36.1 Å². The fraction of sp³-hybridized carbons (Fsp3) is 0.462. The standard InChI is InChI=1S/C13H17NO4/c1-13(2)17-8-11(18-13)7-14-12(16)9-4-3-5-10(15)6-9/h3-6,11,15H,7-8H2,1-2H3,(H,14,16). The first kappa shape index (κ1) is 12.9. The molecule has 0 bridgehead atoms. The van der Waals surface area contributed by atoms with Gasteiger partial charge >= 0.3 is 0 Å². The molecule has 1 aliphatic heterocycles. The van der Waals surface area contributed by atoms with E-state index in [4.69, 9.17) is 9.47 Å². The highest BCUT2D eigenvalue weighted by atomic mass is 16.7. The van der Waals surface area contributed by atoms with Crippen LogP contribution in [0.3, 0.4) is 0 Å². The van der Waals surface area contributed by atoms with Gasteiger partial charge in [0.1, 0.15) is 11.9 Å². The van der Waals surface area contributed by atoms with E-state index in [1.165, 1.54) is 12.1 Å². The van der Waals surface area contributed by atoms with Gasteiger partial charge in [-0.25, -0.2) is 0 Å². The average molecular weight is 251 g/mol. The Morgan fingerprint density at radius 1 is 1.56 bits per heavy atom. The molecule has 1 aromatic rings. The predicted octanol–water partition coefficient (Wildman–Crippen LogP) is 1.27. The molecule has 1 atom stereocenters. The molecule has 98 valence electrons. The van der Waals surface area contributed by atoms with Crippen LogP contribution in [0.25, 0.3) is 0 Å². The summed E-state index contributed by atoms with van der Waals surface area (Å²) in [6.07, 6.45) is -0.138. The smallest absolute Gasteiger partial charge is 0.251 e. The summed E-state index contributed by atoms with van der Waals surface area (Å²) in [5.74, 6) is -0.746. The third-order valence-corrected chi connectivity index (χ3v) is 2.67. The van der Waals surface area contributed by atoms with Crippen LogP contribution < -0.4 is 5.32 Å². The Bertz CT molecular complexity index is 444. The number of rotatable bonds is 3. The van der Waals surface area contributed by atoms with Crippen LogP contribution in [0, 0.1) is 0 Å². The second-order valence-corrected chi connectivity index (χ2v) is 4.71. The molecule has 2 rings (SSSR count). The van der Waals surface area contributed by atoms with Crippen LogP contribution in [0.4, 0.5) is 0 Å². The number of carbonyl (C=O) groups is 1. The number of amides is 1. The molecule has 0 aliphatic carbocycles. The Morgan fingerprint density at radius 3 is 2.94 bits per heavy atom. The number of hydrogen-bond acceptors (Lipinski definition) is 4. The highest BCUT2D eigenvalue weighted by Crippen LogP contribution is 2.21. The predicted molar refractivity (Wildman–Crippen MR) is 65.3 cm³/mol. The third-order valence-electron chi connectivity index (χ3n) is 2.67. The van der Waals surface area contributed by atoms with Crippen LogP contribution >= 0.6 is 0 Å². The summed E-state index contributed by atoms with van der Waals surface area (Å²) in [5, 5.41) is 12.0. The van der Waals surface area contributed by atoms with Crippen LogP contribution in [0.2, 0.25) is 0 Å². The van der Waals surface area contributed by atoms with Gasteiger partial charge in [-0.15, -0.1) is 0 Å². The molecule has 0 saturated carbocycles. The molecular weight excluding hydrogens is 234 g/mol. The number of carbonyl (C=O) groups excluding carboxylic acids is 1. The van der Waals surface area contributed by atoms with E-state index in [1.807, 2.05) is 13.8 Å². The van der Waals surface area contributed by atoms with E-state index in [1.54, 1.807) is 12.1 Å². The number of ether oxygens (including phenoxy) is 2. The van der Waals surface area contributed by atoms with Crippen molar-refractivity contribution in [2.24, 2.45) is 0 Å². The minimum absolute atomic E-state index is 0.0734. The highest BCUT2D eigenvalue weighted by molar-refractivity contribution is 5.94. The lowest BCUT2D eigenvalue weighted by molar-refractivity contribution is -0.137. The summed E-state index contributed by atoms with van der Waals surface area (Å²) < 4.78 is 11.0. The SMILES string of the molecule is CC1(C)OCC(CNC(=O)c2cccc(O)c2)O1. The largest absolute Gasteiger partial charge is 0.508 e. The minimum atomic E-state index is -0.583. The Labute approximate surface area is 106 Å². The maximum absolute atomic E-state index is 11.8. The third kappa shape index (κ3) is 3.21. The van der Waals surface area contributed by atoms with Crippen molar-refractivity contribution in [1.29, 1.82) is 0 Å². The summed E-state index contributed by atoms with van der Waals surface area (Å²) >= 11 is 0. The molecule has 5 heteroatoms. The lowest BCUT2D eigenvalue weighted by Crippen LogP contribution is -2.34. The van der Waals surface area contributed by atoms with Gasteiger partial charge < -0.3 is 19.9 Å². The van der Waals surface area contributed by atoms with Crippen LogP contribution in [0.5, 0.6) is 5.75 Å². The van der Waals surface area contributed by atoms with Crippen molar-refractivity contribution >= 4 is 5.91 Å².